The third kappa shape index (κ3) is 2.39. The van der Waals surface area contributed by atoms with Crippen LogP contribution in [0.25, 0.3) is 11.1 Å². The molecule has 0 aliphatic rings. The van der Waals surface area contributed by atoms with Gasteiger partial charge in [0, 0.05) is 4.90 Å². The highest BCUT2D eigenvalue weighted by atomic mass is 32.2. The second kappa shape index (κ2) is 5.21. The molecule has 0 N–H and O–H groups in total. The average Bonchev–Trinajstić information content (AvgIpc) is 2.85. The quantitative estimate of drug-likeness (QED) is 0.704. The van der Waals surface area contributed by atoms with E-state index in [4.69, 9.17) is 9.15 Å². The molecule has 0 saturated heterocycles. The Morgan fingerprint density at radius 1 is 1.10 bits per heavy atom. The number of para-hydroxylation sites is 2. The summed E-state index contributed by atoms with van der Waals surface area (Å²) in [4.78, 5) is 5.66. The highest BCUT2D eigenvalue weighted by molar-refractivity contribution is 7.99. The van der Waals surface area contributed by atoms with Gasteiger partial charge in [0.1, 0.15) is 11.3 Å². The van der Waals surface area contributed by atoms with Crippen molar-refractivity contribution in [1.29, 1.82) is 0 Å². The lowest BCUT2D eigenvalue weighted by molar-refractivity contribution is 0.413. The van der Waals surface area contributed by atoms with E-state index in [0.29, 0.717) is 5.22 Å². The van der Waals surface area contributed by atoms with E-state index < -0.39 is 0 Å². The molecule has 1 heterocycles. The van der Waals surface area contributed by atoms with E-state index in [1.165, 1.54) is 0 Å². The maximum atomic E-state index is 5.76. The Labute approximate surface area is 122 Å². The largest absolute Gasteiger partial charge is 0.497 e. The van der Waals surface area contributed by atoms with Crippen LogP contribution >= 0.6 is 11.8 Å². The Kier molecular flexibility index (Phi) is 3.40. The number of methoxy groups -OCH3 is 1. The number of aromatic nitrogens is 1. The monoisotopic (exact) mass is 285 g/mol. The molecule has 0 aliphatic carbocycles. The van der Waals surface area contributed by atoms with Gasteiger partial charge in [0.15, 0.2) is 5.58 Å². The van der Waals surface area contributed by atoms with Crippen molar-refractivity contribution in [3.63, 3.8) is 0 Å². The van der Waals surface area contributed by atoms with Gasteiger partial charge >= 0.3 is 0 Å². The van der Waals surface area contributed by atoms with Crippen LogP contribution in [0.5, 0.6) is 5.75 Å². The number of oxazole rings is 1. The van der Waals surface area contributed by atoms with Crippen LogP contribution in [0.4, 0.5) is 0 Å². The predicted molar refractivity (Wildman–Crippen MR) is 80.6 cm³/mol. The van der Waals surface area contributed by atoms with E-state index in [9.17, 15) is 0 Å². The molecule has 0 amide bonds. The number of hydrogen-bond acceptors (Lipinski definition) is 4. The zero-order valence-corrected chi connectivity index (χ0v) is 12.5. The van der Waals surface area contributed by atoms with E-state index in [0.717, 1.165) is 32.9 Å². The molecular formula is C16H15NO2S. The lowest BCUT2D eigenvalue weighted by Gasteiger charge is -2.09. The van der Waals surface area contributed by atoms with E-state index in [1.807, 2.05) is 36.4 Å². The van der Waals surface area contributed by atoms with Crippen molar-refractivity contribution < 1.29 is 9.15 Å². The van der Waals surface area contributed by atoms with Crippen LogP contribution in [-0.2, 0) is 0 Å². The zero-order valence-electron chi connectivity index (χ0n) is 11.6. The molecule has 4 heteroatoms. The van der Waals surface area contributed by atoms with Crippen molar-refractivity contribution in [2.75, 3.05) is 7.11 Å². The Balaban J connectivity index is 1.98. The third-order valence-electron chi connectivity index (χ3n) is 3.13. The number of rotatable bonds is 3. The molecular weight excluding hydrogens is 270 g/mol. The number of hydrogen-bond donors (Lipinski definition) is 0. The second-order valence-corrected chi connectivity index (χ2v) is 5.60. The Morgan fingerprint density at radius 2 is 1.80 bits per heavy atom. The summed E-state index contributed by atoms with van der Waals surface area (Å²) in [6.45, 7) is 4.14. The summed E-state index contributed by atoms with van der Waals surface area (Å²) in [6.07, 6.45) is 0. The van der Waals surface area contributed by atoms with Crippen LogP contribution in [0.15, 0.2) is 50.9 Å². The number of aryl methyl sites for hydroxylation is 2. The third-order valence-corrected chi connectivity index (χ3v) is 4.33. The van der Waals surface area contributed by atoms with Crippen LogP contribution in [0.3, 0.4) is 0 Å². The van der Waals surface area contributed by atoms with Crippen LogP contribution in [0.2, 0.25) is 0 Å². The van der Waals surface area contributed by atoms with Crippen molar-refractivity contribution in [3.8, 4) is 5.75 Å². The fourth-order valence-corrected chi connectivity index (χ4v) is 3.06. The maximum absolute atomic E-state index is 5.76. The summed E-state index contributed by atoms with van der Waals surface area (Å²) in [6, 6.07) is 11.8. The van der Waals surface area contributed by atoms with E-state index in [-0.39, 0.29) is 0 Å². The minimum absolute atomic E-state index is 0.669. The number of ether oxygens (including phenoxy) is 1. The molecule has 1 aromatic heterocycles. The van der Waals surface area contributed by atoms with Crippen LogP contribution in [0.1, 0.15) is 11.1 Å². The highest BCUT2D eigenvalue weighted by Gasteiger charge is 2.12. The first-order chi connectivity index (χ1) is 9.67. The normalized spacial score (nSPS) is 10.9. The van der Waals surface area contributed by atoms with Crippen LogP contribution in [0, 0.1) is 13.8 Å². The summed E-state index contributed by atoms with van der Waals surface area (Å²) in [5, 5.41) is 0.669. The van der Waals surface area contributed by atoms with Gasteiger partial charge in [0.2, 0.25) is 0 Å². The van der Waals surface area contributed by atoms with Gasteiger partial charge in [-0.3, -0.25) is 0 Å². The summed E-state index contributed by atoms with van der Waals surface area (Å²) < 4.78 is 11.0. The van der Waals surface area contributed by atoms with Crippen molar-refractivity contribution in [1.82, 2.24) is 4.98 Å². The molecule has 2 aromatic carbocycles. The first kappa shape index (κ1) is 13.1. The molecule has 0 atom stereocenters. The summed E-state index contributed by atoms with van der Waals surface area (Å²) in [7, 11) is 1.68. The smallest absolute Gasteiger partial charge is 0.261 e. The number of fused-ring (bicyclic) bond motifs is 1. The van der Waals surface area contributed by atoms with Gasteiger partial charge in [-0.25, -0.2) is 4.98 Å². The van der Waals surface area contributed by atoms with E-state index >= 15 is 0 Å². The molecule has 0 saturated carbocycles. The minimum Gasteiger partial charge on any atom is -0.497 e. The lowest BCUT2D eigenvalue weighted by Crippen LogP contribution is -1.90. The minimum atomic E-state index is 0.669. The van der Waals surface area contributed by atoms with Gasteiger partial charge in [-0.2, -0.15) is 0 Å². The van der Waals surface area contributed by atoms with Gasteiger partial charge in [0.25, 0.3) is 5.22 Å². The Morgan fingerprint density at radius 3 is 2.45 bits per heavy atom. The van der Waals surface area contributed by atoms with Crippen LogP contribution < -0.4 is 4.74 Å². The molecule has 3 aromatic rings. The van der Waals surface area contributed by atoms with Crippen molar-refractivity contribution in [2.45, 2.75) is 24.0 Å². The summed E-state index contributed by atoms with van der Waals surface area (Å²) in [5.74, 6) is 0.877. The van der Waals surface area contributed by atoms with Gasteiger partial charge in [-0.1, -0.05) is 12.1 Å². The van der Waals surface area contributed by atoms with Crippen molar-refractivity contribution >= 4 is 22.9 Å². The van der Waals surface area contributed by atoms with Crippen LogP contribution in [-0.4, -0.2) is 12.1 Å². The zero-order chi connectivity index (χ0) is 14.1. The Bertz CT molecular complexity index is 708. The number of nitrogens with zero attached hydrogens (tertiary/aromatic N) is 1. The molecule has 0 unspecified atom stereocenters. The van der Waals surface area contributed by atoms with Gasteiger partial charge in [-0.15, -0.1) is 0 Å². The summed E-state index contributed by atoms with van der Waals surface area (Å²) in [5.41, 5.74) is 4.03. The molecule has 0 spiro atoms. The fourth-order valence-electron chi connectivity index (χ4n) is 2.17. The molecule has 102 valence electrons. The first-order valence-corrected chi connectivity index (χ1v) is 7.17. The molecule has 0 radical (unpaired) electrons. The average molecular weight is 285 g/mol. The topological polar surface area (TPSA) is 35.3 Å². The van der Waals surface area contributed by atoms with Crippen molar-refractivity contribution in [3.05, 3.63) is 47.5 Å². The molecule has 3 nitrogen and oxygen atoms in total. The highest BCUT2D eigenvalue weighted by Crippen LogP contribution is 2.36. The predicted octanol–water partition coefficient (Wildman–Crippen LogP) is 4.60. The molecule has 20 heavy (non-hydrogen) atoms. The van der Waals surface area contributed by atoms with E-state index in [2.05, 4.69) is 18.8 Å². The van der Waals surface area contributed by atoms with Gasteiger partial charge in [-0.05, 0) is 61.0 Å². The van der Waals surface area contributed by atoms with Gasteiger partial charge < -0.3 is 9.15 Å². The fraction of sp³-hybridized carbons (Fsp3) is 0.188. The maximum Gasteiger partial charge on any atom is 0.261 e. The first-order valence-electron chi connectivity index (χ1n) is 6.36. The van der Waals surface area contributed by atoms with E-state index in [1.54, 1.807) is 18.9 Å². The van der Waals surface area contributed by atoms with Gasteiger partial charge in [0.05, 0.1) is 7.11 Å². The summed E-state index contributed by atoms with van der Waals surface area (Å²) >= 11 is 1.55. The molecule has 0 fully saturated rings. The molecule has 0 bridgehead atoms. The molecule has 3 rings (SSSR count). The SMILES string of the molecule is COc1cc(C)c(Sc2nc3ccccc3o2)c(C)c1. The van der Waals surface area contributed by atoms with Crippen molar-refractivity contribution in [2.24, 2.45) is 0 Å². The molecule has 0 aliphatic heterocycles. The number of benzene rings is 2. The standard InChI is InChI=1S/C16H15NO2S/c1-10-8-12(18-3)9-11(2)15(10)20-16-17-13-6-4-5-7-14(13)19-16/h4-9H,1-3H3. The lowest BCUT2D eigenvalue weighted by atomic mass is 10.1. The Hall–Kier alpha value is -1.94. The second-order valence-electron chi connectivity index (χ2n) is 4.64.